The van der Waals surface area contributed by atoms with Gasteiger partial charge in [0, 0.05) is 6.42 Å². The lowest BCUT2D eigenvalue weighted by Gasteiger charge is -2.19. The van der Waals surface area contributed by atoms with Crippen molar-refractivity contribution in [1.29, 1.82) is 0 Å². The van der Waals surface area contributed by atoms with Gasteiger partial charge in [-0.25, -0.2) is 0 Å². The van der Waals surface area contributed by atoms with Crippen LogP contribution in [0.4, 0.5) is 0 Å². The van der Waals surface area contributed by atoms with Crippen LogP contribution in [-0.2, 0) is 4.79 Å². The molecule has 0 unspecified atom stereocenters. The second kappa shape index (κ2) is 2.57. The Bertz CT molecular complexity index is 166. The lowest BCUT2D eigenvalue weighted by molar-refractivity contribution is -0.114. The van der Waals surface area contributed by atoms with Crippen molar-refractivity contribution in [3.05, 3.63) is 12.2 Å². The molecule has 1 aliphatic rings. The molecule has 0 aromatic rings. The SMILES string of the molecule is CC1(C)CC=CC(=O)CC1. The lowest BCUT2D eigenvalue weighted by atomic mass is 9.85. The van der Waals surface area contributed by atoms with E-state index in [1.54, 1.807) is 6.08 Å². The van der Waals surface area contributed by atoms with Gasteiger partial charge in [0.15, 0.2) is 5.78 Å². The van der Waals surface area contributed by atoms with Gasteiger partial charge in [-0.2, -0.15) is 0 Å². The Kier molecular flexibility index (Phi) is 1.93. The van der Waals surface area contributed by atoms with E-state index in [1.165, 1.54) is 0 Å². The van der Waals surface area contributed by atoms with Gasteiger partial charge in [-0.05, 0) is 24.3 Å². The maximum Gasteiger partial charge on any atom is 0.155 e. The van der Waals surface area contributed by atoms with E-state index in [-0.39, 0.29) is 5.78 Å². The molecule has 1 aliphatic carbocycles. The number of carbonyl (C=O) groups excluding carboxylic acids is 1. The number of hydrogen-bond donors (Lipinski definition) is 0. The zero-order valence-corrected chi connectivity index (χ0v) is 6.68. The van der Waals surface area contributed by atoms with E-state index in [9.17, 15) is 4.79 Å². The molecule has 0 fully saturated rings. The summed E-state index contributed by atoms with van der Waals surface area (Å²) < 4.78 is 0. The van der Waals surface area contributed by atoms with Gasteiger partial charge in [0.05, 0.1) is 0 Å². The Balaban J connectivity index is 2.61. The number of carbonyl (C=O) groups is 1. The van der Waals surface area contributed by atoms with Gasteiger partial charge in [-0.3, -0.25) is 4.79 Å². The highest BCUT2D eigenvalue weighted by molar-refractivity contribution is 5.89. The van der Waals surface area contributed by atoms with E-state index in [0.29, 0.717) is 5.41 Å². The molecule has 0 heterocycles. The van der Waals surface area contributed by atoms with Crippen molar-refractivity contribution in [3.8, 4) is 0 Å². The van der Waals surface area contributed by atoms with Crippen LogP contribution in [0.15, 0.2) is 12.2 Å². The molecule has 0 aliphatic heterocycles. The molecule has 0 aromatic heterocycles. The molecule has 0 saturated heterocycles. The van der Waals surface area contributed by atoms with Crippen LogP contribution in [0, 0.1) is 5.41 Å². The van der Waals surface area contributed by atoms with Crippen LogP contribution < -0.4 is 0 Å². The number of ketones is 1. The average molecular weight is 138 g/mol. The largest absolute Gasteiger partial charge is 0.295 e. The molecule has 0 atom stereocenters. The minimum Gasteiger partial charge on any atom is -0.295 e. The zero-order valence-electron chi connectivity index (χ0n) is 6.68. The maximum absolute atomic E-state index is 10.9. The highest BCUT2D eigenvalue weighted by Gasteiger charge is 2.19. The smallest absolute Gasteiger partial charge is 0.155 e. The predicted octanol–water partition coefficient (Wildman–Crippen LogP) is 2.32. The van der Waals surface area contributed by atoms with E-state index in [1.807, 2.05) is 6.08 Å². The van der Waals surface area contributed by atoms with E-state index >= 15 is 0 Å². The van der Waals surface area contributed by atoms with E-state index in [2.05, 4.69) is 13.8 Å². The maximum atomic E-state index is 10.9. The molecular weight excluding hydrogens is 124 g/mol. The third kappa shape index (κ3) is 1.98. The fourth-order valence-electron chi connectivity index (χ4n) is 1.16. The summed E-state index contributed by atoms with van der Waals surface area (Å²) in [4.78, 5) is 10.9. The minimum atomic E-state index is 0.283. The van der Waals surface area contributed by atoms with Crippen LogP contribution in [0.3, 0.4) is 0 Å². The Morgan fingerprint density at radius 2 is 2.20 bits per heavy atom. The van der Waals surface area contributed by atoms with E-state index in [0.717, 1.165) is 19.3 Å². The van der Waals surface area contributed by atoms with Crippen molar-refractivity contribution in [2.75, 3.05) is 0 Å². The fraction of sp³-hybridized carbons (Fsp3) is 0.667. The third-order valence-electron chi connectivity index (χ3n) is 2.02. The van der Waals surface area contributed by atoms with Crippen molar-refractivity contribution >= 4 is 5.78 Å². The first kappa shape index (κ1) is 7.52. The molecule has 1 heteroatoms. The first-order valence-corrected chi connectivity index (χ1v) is 3.80. The summed E-state index contributed by atoms with van der Waals surface area (Å²) in [6.45, 7) is 4.41. The summed E-state index contributed by atoms with van der Waals surface area (Å²) in [7, 11) is 0. The summed E-state index contributed by atoms with van der Waals surface area (Å²) in [5.74, 6) is 0.283. The Hall–Kier alpha value is -0.590. The van der Waals surface area contributed by atoms with Gasteiger partial charge in [0.2, 0.25) is 0 Å². The quantitative estimate of drug-likeness (QED) is 0.502. The molecule has 0 radical (unpaired) electrons. The number of rotatable bonds is 0. The molecule has 56 valence electrons. The van der Waals surface area contributed by atoms with Gasteiger partial charge < -0.3 is 0 Å². The molecule has 0 bridgehead atoms. The van der Waals surface area contributed by atoms with Crippen LogP contribution in [-0.4, -0.2) is 5.78 Å². The molecule has 1 nitrogen and oxygen atoms in total. The summed E-state index contributed by atoms with van der Waals surface area (Å²) in [5, 5.41) is 0. The third-order valence-corrected chi connectivity index (χ3v) is 2.02. The second-order valence-corrected chi connectivity index (χ2v) is 3.74. The molecule has 0 saturated carbocycles. The highest BCUT2D eigenvalue weighted by atomic mass is 16.1. The van der Waals surface area contributed by atoms with E-state index in [4.69, 9.17) is 0 Å². The first-order valence-electron chi connectivity index (χ1n) is 3.80. The molecule has 1 rings (SSSR count). The van der Waals surface area contributed by atoms with Crippen LogP contribution in [0.25, 0.3) is 0 Å². The van der Waals surface area contributed by atoms with Crippen LogP contribution in [0.2, 0.25) is 0 Å². The highest BCUT2D eigenvalue weighted by Crippen LogP contribution is 2.29. The van der Waals surface area contributed by atoms with Crippen LogP contribution >= 0.6 is 0 Å². The fourth-order valence-corrected chi connectivity index (χ4v) is 1.16. The Morgan fingerprint density at radius 3 is 2.90 bits per heavy atom. The van der Waals surface area contributed by atoms with Crippen molar-refractivity contribution in [3.63, 3.8) is 0 Å². The molecular formula is C9H14O. The summed E-state index contributed by atoms with van der Waals surface area (Å²) in [6, 6.07) is 0. The van der Waals surface area contributed by atoms with Gasteiger partial charge in [-0.1, -0.05) is 19.9 Å². The monoisotopic (exact) mass is 138 g/mol. The number of allylic oxidation sites excluding steroid dienone is 2. The topological polar surface area (TPSA) is 17.1 Å². The average Bonchev–Trinajstić information content (AvgIpc) is 1.94. The standard InChI is InChI=1S/C9H14O/c1-9(2)6-3-4-8(10)5-7-9/h3-4H,5-7H2,1-2H3. The van der Waals surface area contributed by atoms with E-state index < -0.39 is 0 Å². The number of hydrogen-bond acceptors (Lipinski definition) is 1. The van der Waals surface area contributed by atoms with Gasteiger partial charge in [-0.15, -0.1) is 0 Å². The van der Waals surface area contributed by atoms with Gasteiger partial charge >= 0.3 is 0 Å². The van der Waals surface area contributed by atoms with Crippen molar-refractivity contribution < 1.29 is 4.79 Å². The molecule has 0 amide bonds. The lowest BCUT2D eigenvalue weighted by Crippen LogP contribution is -2.09. The molecule has 0 aromatic carbocycles. The predicted molar refractivity (Wildman–Crippen MR) is 41.8 cm³/mol. The van der Waals surface area contributed by atoms with Crippen molar-refractivity contribution in [2.24, 2.45) is 5.41 Å². The second-order valence-electron chi connectivity index (χ2n) is 3.74. The molecule has 10 heavy (non-hydrogen) atoms. The zero-order chi connectivity index (χ0) is 7.61. The van der Waals surface area contributed by atoms with Gasteiger partial charge in [0.25, 0.3) is 0 Å². The van der Waals surface area contributed by atoms with Crippen LogP contribution in [0.1, 0.15) is 33.1 Å². The summed E-state index contributed by atoms with van der Waals surface area (Å²) in [5.41, 5.74) is 0.336. The van der Waals surface area contributed by atoms with Crippen molar-refractivity contribution in [2.45, 2.75) is 33.1 Å². The Morgan fingerprint density at radius 1 is 1.50 bits per heavy atom. The molecule has 0 N–H and O–H groups in total. The van der Waals surface area contributed by atoms with Crippen molar-refractivity contribution in [1.82, 2.24) is 0 Å². The minimum absolute atomic E-state index is 0.283. The normalized spacial score (nSPS) is 24.4. The van der Waals surface area contributed by atoms with Crippen LogP contribution in [0.5, 0.6) is 0 Å². The van der Waals surface area contributed by atoms with Gasteiger partial charge in [0.1, 0.15) is 0 Å². The molecule has 0 spiro atoms. The summed E-state index contributed by atoms with van der Waals surface area (Å²) in [6.07, 6.45) is 6.51. The Labute approximate surface area is 62.1 Å². The summed E-state index contributed by atoms with van der Waals surface area (Å²) >= 11 is 0. The first-order chi connectivity index (χ1) is 4.60.